The number of aromatic nitrogens is 4. The number of carbonyl (C=O) groups is 4. The second kappa shape index (κ2) is 21.8. The number of hydrogen-bond donors (Lipinski definition) is 6. The predicted molar refractivity (Wildman–Crippen MR) is 297 cm³/mol. The summed E-state index contributed by atoms with van der Waals surface area (Å²) in [6.45, 7) is 5.34. The van der Waals surface area contributed by atoms with Crippen LogP contribution < -0.4 is 20.4 Å². The summed E-state index contributed by atoms with van der Waals surface area (Å²) in [6.07, 6.45) is 8.05. The average Bonchev–Trinajstić information content (AvgIpc) is 4.09. The van der Waals surface area contributed by atoms with Crippen LogP contribution in [0.4, 0.5) is 38.5 Å². The number of rotatable bonds is 13. The van der Waals surface area contributed by atoms with Gasteiger partial charge in [0, 0.05) is 55.1 Å². The second-order valence-electron chi connectivity index (χ2n) is 23.9. The van der Waals surface area contributed by atoms with Crippen LogP contribution in [0.15, 0.2) is 66.7 Å². The molecule has 6 fully saturated rings. The van der Waals surface area contributed by atoms with Gasteiger partial charge in [-0.3, -0.25) is 9.59 Å². The molecule has 0 spiro atoms. The molecule has 0 bridgehead atoms. The molecule has 4 amide bonds. The van der Waals surface area contributed by atoms with Crippen LogP contribution in [-0.2, 0) is 15.1 Å². The molecule has 16 nitrogen and oxygen atoms in total. The summed E-state index contributed by atoms with van der Waals surface area (Å²) in [5.41, 5.74) is 1.54. The number of fused-ring (bicyclic) bond motifs is 2. The number of halogens is 4. The van der Waals surface area contributed by atoms with Gasteiger partial charge < -0.3 is 50.4 Å². The first kappa shape index (κ1) is 54.2. The van der Waals surface area contributed by atoms with Crippen molar-refractivity contribution in [1.29, 1.82) is 0 Å². The number of benzene rings is 4. The highest BCUT2D eigenvalue weighted by Gasteiger charge is 2.53. The number of carboxylic acid groups (broad SMARTS) is 2. The zero-order chi connectivity index (χ0) is 56.4. The molecule has 4 unspecified atom stereocenters. The molecule has 4 aromatic carbocycles. The largest absolute Gasteiger partial charge is 0.465 e. The maximum Gasteiger partial charge on any atom is 0.405 e. The number of piperidine rings is 1. The molecule has 0 radical (unpaired) electrons. The number of amides is 4. The summed E-state index contributed by atoms with van der Waals surface area (Å²) in [7, 11) is 0. The van der Waals surface area contributed by atoms with Gasteiger partial charge >= 0.3 is 12.2 Å². The lowest BCUT2D eigenvalue weighted by molar-refractivity contribution is -0.136. The molecule has 4 aliphatic heterocycles. The molecular weight excluding hydrogens is 1040 g/mol. The molecule has 2 aromatic heterocycles. The minimum absolute atomic E-state index is 0.0816. The smallest absolute Gasteiger partial charge is 0.405 e. The first-order valence-electron chi connectivity index (χ1n) is 29.1. The van der Waals surface area contributed by atoms with E-state index in [9.17, 15) is 29.4 Å². The zero-order valence-corrected chi connectivity index (χ0v) is 45.7. The number of likely N-dealkylation sites (tertiary alicyclic amines) is 2. The Labute approximate surface area is 467 Å². The summed E-state index contributed by atoms with van der Waals surface area (Å²) in [5, 5.41) is 24.5. The van der Waals surface area contributed by atoms with Gasteiger partial charge in [0.2, 0.25) is 11.8 Å². The van der Waals surface area contributed by atoms with Crippen molar-refractivity contribution in [2.75, 3.05) is 36.0 Å². The van der Waals surface area contributed by atoms with Crippen LogP contribution >= 0.6 is 0 Å². The predicted octanol–water partition coefficient (Wildman–Crippen LogP) is 11.9. The van der Waals surface area contributed by atoms with Crippen LogP contribution in [0.3, 0.4) is 0 Å². The Kier molecular flexibility index (Phi) is 14.6. The number of anilines is 2. The quantitative estimate of drug-likeness (QED) is 0.0604. The minimum Gasteiger partial charge on any atom is -0.465 e. The van der Waals surface area contributed by atoms with Crippen molar-refractivity contribution >= 4 is 57.4 Å². The number of imidazole rings is 2. The van der Waals surface area contributed by atoms with E-state index < -0.39 is 77.1 Å². The number of nitrogens with zero attached hydrogens (tertiary/aromatic N) is 6. The van der Waals surface area contributed by atoms with Crippen LogP contribution in [0.1, 0.15) is 163 Å². The molecule has 20 heteroatoms. The van der Waals surface area contributed by atoms with Crippen molar-refractivity contribution in [3.63, 3.8) is 0 Å². The van der Waals surface area contributed by atoms with Crippen molar-refractivity contribution in [3.8, 4) is 0 Å². The number of aromatic amines is 2. The van der Waals surface area contributed by atoms with Crippen molar-refractivity contribution in [1.82, 2.24) is 40.4 Å². The Morgan fingerprint density at radius 3 is 1.64 bits per heavy atom. The maximum atomic E-state index is 17.4. The van der Waals surface area contributed by atoms with Crippen molar-refractivity contribution in [2.45, 2.75) is 152 Å². The Bertz CT molecular complexity index is 3350. The fraction of sp³-hybridized carbons (Fsp3) is 0.508. The van der Waals surface area contributed by atoms with Gasteiger partial charge in [0.05, 0.1) is 45.7 Å². The highest BCUT2D eigenvalue weighted by atomic mass is 19.1. The molecule has 6 aliphatic rings. The summed E-state index contributed by atoms with van der Waals surface area (Å²) in [5.74, 6) is -3.19. The molecule has 2 saturated carbocycles. The Balaban J connectivity index is 0.905. The highest BCUT2D eigenvalue weighted by molar-refractivity contribution is 5.88. The molecule has 6 heterocycles. The SMILES string of the molecule is CC1C[C@H](c2cc3[nH]c(C4CCCN4C(=O)C(NC(=O)O)C4CCCC4)nc3cc2F)N(c2cc(F)c(N3CCC(c4ccccc4)CC3)c(F)c2)[C@]1(C)c1cc2[nH]c(C3CCCN3C(=O)[C@@H](NC(=O)O)C3CCCC3)nc2cc1F. The molecule has 7 atom stereocenters. The van der Waals surface area contributed by atoms with Gasteiger partial charge in [-0.2, -0.15) is 0 Å². The topological polar surface area (TPSA) is 203 Å². The van der Waals surface area contributed by atoms with Crippen LogP contribution in [0.5, 0.6) is 0 Å². The van der Waals surface area contributed by atoms with E-state index in [4.69, 9.17) is 9.97 Å². The van der Waals surface area contributed by atoms with Gasteiger partial charge in [-0.25, -0.2) is 37.1 Å². The highest BCUT2D eigenvalue weighted by Crippen LogP contribution is 2.56. The molecule has 6 N–H and O–H groups in total. The number of nitrogens with one attached hydrogen (secondary N) is 4. The van der Waals surface area contributed by atoms with Gasteiger partial charge in [-0.05, 0) is 131 Å². The second-order valence-corrected chi connectivity index (χ2v) is 23.9. The van der Waals surface area contributed by atoms with Crippen molar-refractivity contribution in [3.05, 3.63) is 118 Å². The normalized spacial score (nSPS) is 24.7. The molecular formula is C61H70F4N10O6. The maximum absolute atomic E-state index is 17.4. The van der Waals surface area contributed by atoms with E-state index in [1.54, 1.807) is 31.7 Å². The van der Waals surface area contributed by atoms with Crippen LogP contribution in [0, 0.1) is 41.0 Å². The fourth-order valence-electron chi connectivity index (χ4n) is 15.2. The molecule has 2 aliphatic carbocycles. The molecule has 4 saturated heterocycles. The summed E-state index contributed by atoms with van der Waals surface area (Å²) in [6, 6.07) is 14.7. The third-order valence-corrected chi connectivity index (χ3v) is 19.4. The van der Waals surface area contributed by atoms with Gasteiger partial charge in [-0.15, -0.1) is 0 Å². The van der Waals surface area contributed by atoms with Crippen molar-refractivity contribution < 1.29 is 47.0 Å². The summed E-state index contributed by atoms with van der Waals surface area (Å²) >= 11 is 0. The molecule has 428 valence electrons. The fourth-order valence-corrected chi connectivity index (χ4v) is 15.2. The zero-order valence-electron chi connectivity index (χ0n) is 45.7. The van der Waals surface area contributed by atoms with Crippen LogP contribution in [-0.4, -0.2) is 102 Å². The van der Waals surface area contributed by atoms with E-state index in [0.29, 0.717) is 92.9 Å². The van der Waals surface area contributed by atoms with E-state index in [-0.39, 0.29) is 64.0 Å². The van der Waals surface area contributed by atoms with Crippen molar-refractivity contribution in [2.24, 2.45) is 17.8 Å². The monoisotopic (exact) mass is 1110 g/mol. The number of carbonyl (C=O) groups excluding carboxylic acids is 2. The third kappa shape index (κ3) is 9.97. The lowest BCUT2D eigenvalue weighted by atomic mass is 9.80. The van der Waals surface area contributed by atoms with Gasteiger partial charge in [0.1, 0.15) is 41.1 Å². The lowest BCUT2D eigenvalue weighted by Gasteiger charge is -2.43. The number of hydrogen-bond acceptors (Lipinski definition) is 8. The Hall–Kier alpha value is -7.38. The summed E-state index contributed by atoms with van der Waals surface area (Å²) in [4.78, 5) is 75.5. The van der Waals surface area contributed by atoms with E-state index in [1.807, 2.05) is 32.0 Å². The first-order chi connectivity index (χ1) is 39.0. The first-order valence-corrected chi connectivity index (χ1v) is 29.1. The summed E-state index contributed by atoms with van der Waals surface area (Å²) < 4.78 is 68.9. The lowest BCUT2D eigenvalue weighted by Crippen LogP contribution is -2.51. The average molecular weight is 1120 g/mol. The van der Waals surface area contributed by atoms with Crippen LogP contribution in [0.25, 0.3) is 22.1 Å². The molecule has 6 aromatic rings. The number of H-pyrrole nitrogens is 2. The standard InChI is InChI=1S/C61H70F4N10O6/c1-33-26-51(39-29-45-47(31-41(39)62)68-55(66-45)49-18-10-22-73(49)57(76)52(70-59(78)79)36-14-6-7-15-36)75(38-27-43(64)54(44(65)28-38)72-24-20-35(21-25-72)34-12-4-3-5-13-34)61(33,2)40-30-46-48(32-42(40)63)69-56(67-46)50-19-11-23-74(50)58(77)53(71-60(80)81)37-16-8-9-17-37/h3-5,12-13,27-33,35-37,49-53,70-71H,6-11,14-26H2,1-2H3,(H,66,68)(H,67,69)(H,78,79)(H,80,81)/t33?,49?,50?,51-,52?,53+,61+/m1/s1. The van der Waals surface area contributed by atoms with E-state index in [1.165, 1.54) is 29.8 Å². The Morgan fingerprint density at radius 1 is 0.617 bits per heavy atom. The molecule has 81 heavy (non-hydrogen) atoms. The van der Waals surface area contributed by atoms with Gasteiger partial charge in [-0.1, -0.05) is 62.9 Å². The third-order valence-electron chi connectivity index (χ3n) is 19.4. The van der Waals surface area contributed by atoms with E-state index in [2.05, 4.69) is 32.7 Å². The van der Waals surface area contributed by atoms with Crippen LogP contribution in [0.2, 0.25) is 0 Å². The van der Waals surface area contributed by atoms with Gasteiger partial charge in [0.25, 0.3) is 0 Å². The minimum atomic E-state index is -1.39. The van der Waals surface area contributed by atoms with Gasteiger partial charge in [0.15, 0.2) is 11.6 Å². The molecule has 12 rings (SSSR count). The van der Waals surface area contributed by atoms with E-state index >= 15 is 17.6 Å². The van der Waals surface area contributed by atoms with E-state index in [0.717, 1.165) is 51.4 Å². The Morgan fingerprint density at radius 2 is 1.12 bits per heavy atom.